The fourth-order valence-corrected chi connectivity index (χ4v) is 5.48. The maximum Gasteiger partial charge on any atom is 0.270 e. The number of hydrogen-bond donors (Lipinski definition) is 1. The van der Waals surface area contributed by atoms with Crippen LogP contribution in [-0.2, 0) is 16.6 Å². The zero-order valence-corrected chi connectivity index (χ0v) is 16.8. The predicted molar refractivity (Wildman–Crippen MR) is 113 cm³/mol. The van der Waals surface area contributed by atoms with Crippen molar-refractivity contribution in [1.29, 1.82) is 0 Å². The average Bonchev–Trinajstić information content (AvgIpc) is 3.17. The summed E-state index contributed by atoms with van der Waals surface area (Å²) in [5.74, 6) is -0.478. The maximum atomic E-state index is 13.3. The van der Waals surface area contributed by atoms with Gasteiger partial charge in [-0.15, -0.1) is 11.3 Å². The van der Waals surface area contributed by atoms with Gasteiger partial charge in [-0.05, 0) is 36.1 Å². The largest absolute Gasteiger partial charge is 0.360 e. The fraction of sp³-hybridized carbons (Fsp3) is 0.0952. The molecule has 0 saturated heterocycles. The van der Waals surface area contributed by atoms with Crippen LogP contribution in [0.4, 0.5) is 11.4 Å². The summed E-state index contributed by atoms with van der Waals surface area (Å²) in [5, 5.41) is 4.68. The van der Waals surface area contributed by atoms with Gasteiger partial charge in [0.05, 0.1) is 12.2 Å². The number of rotatable bonds is 4. The molecule has 28 heavy (non-hydrogen) atoms. The van der Waals surface area contributed by atoms with Gasteiger partial charge in [-0.1, -0.05) is 48.0 Å². The monoisotopic (exact) mass is 410 g/mol. The van der Waals surface area contributed by atoms with Crippen molar-refractivity contribution in [2.75, 3.05) is 9.62 Å². The summed E-state index contributed by atoms with van der Waals surface area (Å²) in [4.78, 5) is 13.0. The minimum absolute atomic E-state index is 0.169. The van der Waals surface area contributed by atoms with Crippen LogP contribution in [0.15, 0.2) is 77.1 Å². The second-order valence-electron chi connectivity index (χ2n) is 6.48. The zero-order valence-electron chi connectivity index (χ0n) is 15.1. The molecule has 7 heteroatoms. The van der Waals surface area contributed by atoms with Gasteiger partial charge in [0.1, 0.15) is 4.88 Å². The van der Waals surface area contributed by atoms with Gasteiger partial charge in [-0.3, -0.25) is 9.10 Å². The number of nitrogens with one attached hydrogen (secondary N) is 1. The number of benzene rings is 2. The van der Waals surface area contributed by atoms with Crippen LogP contribution >= 0.6 is 11.3 Å². The van der Waals surface area contributed by atoms with Crippen molar-refractivity contribution in [2.24, 2.45) is 0 Å². The molecular weight excluding hydrogens is 392 g/mol. The van der Waals surface area contributed by atoms with E-state index in [0.717, 1.165) is 11.1 Å². The molecule has 1 N–H and O–H groups in total. The molecule has 0 saturated carbocycles. The van der Waals surface area contributed by atoms with Crippen LogP contribution in [0.1, 0.15) is 20.8 Å². The van der Waals surface area contributed by atoms with E-state index in [1.807, 2.05) is 49.4 Å². The lowest BCUT2D eigenvalue weighted by molar-refractivity contribution is 0.104. The summed E-state index contributed by atoms with van der Waals surface area (Å²) in [5.41, 5.74) is 3.10. The van der Waals surface area contributed by atoms with Crippen LogP contribution in [0.5, 0.6) is 0 Å². The number of hydrogen-bond acceptors (Lipinski definition) is 5. The number of para-hydroxylation sites is 1. The van der Waals surface area contributed by atoms with Crippen molar-refractivity contribution in [3.05, 3.63) is 93.2 Å². The third kappa shape index (κ3) is 3.34. The molecule has 1 aliphatic rings. The van der Waals surface area contributed by atoms with Gasteiger partial charge in [0, 0.05) is 11.9 Å². The normalized spacial score (nSPS) is 16.8. The number of sulfonamides is 1. The highest BCUT2D eigenvalue weighted by molar-refractivity contribution is 7.97. The number of carbonyl (C=O) groups is 1. The van der Waals surface area contributed by atoms with Crippen LogP contribution in [0.25, 0.3) is 0 Å². The summed E-state index contributed by atoms with van der Waals surface area (Å²) in [6.07, 6.45) is 1.29. The Morgan fingerprint density at radius 1 is 1.04 bits per heavy atom. The van der Waals surface area contributed by atoms with E-state index in [4.69, 9.17) is 0 Å². The van der Waals surface area contributed by atoms with Crippen molar-refractivity contribution >= 4 is 38.5 Å². The summed E-state index contributed by atoms with van der Waals surface area (Å²) in [6.45, 7) is 2.15. The number of nitrogens with zero attached hydrogens (tertiary/aromatic N) is 1. The first-order valence-corrected chi connectivity index (χ1v) is 11.0. The Hall–Kier alpha value is -2.90. The molecule has 3 aromatic rings. The molecule has 0 amide bonds. The molecule has 0 atom stereocenters. The number of ketones is 1. The van der Waals surface area contributed by atoms with E-state index in [1.165, 1.54) is 21.8 Å². The average molecular weight is 411 g/mol. The Bertz CT molecular complexity index is 1150. The van der Waals surface area contributed by atoms with E-state index >= 15 is 0 Å². The molecule has 0 aliphatic carbocycles. The maximum absolute atomic E-state index is 13.3. The van der Waals surface area contributed by atoms with E-state index in [2.05, 4.69) is 5.32 Å². The third-order valence-corrected chi connectivity index (χ3v) is 7.17. The highest BCUT2D eigenvalue weighted by Gasteiger charge is 2.41. The van der Waals surface area contributed by atoms with Gasteiger partial charge in [0.15, 0.2) is 4.91 Å². The van der Waals surface area contributed by atoms with Gasteiger partial charge in [-0.25, -0.2) is 8.42 Å². The van der Waals surface area contributed by atoms with Gasteiger partial charge < -0.3 is 5.32 Å². The van der Waals surface area contributed by atoms with E-state index < -0.39 is 15.8 Å². The van der Waals surface area contributed by atoms with Gasteiger partial charge in [0.2, 0.25) is 5.78 Å². The number of aryl methyl sites for hydroxylation is 1. The summed E-state index contributed by atoms with van der Waals surface area (Å²) in [7, 11) is -3.99. The van der Waals surface area contributed by atoms with Crippen molar-refractivity contribution in [2.45, 2.75) is 13.5 Å². The lowest BCUT2D eigenvalue weighted by atomic mass is 10.1. The molecule has 2 heterocycles. The first kappa shape index (κ1) is 18.5. The van der Waals surface area contributed by atoms with E-state index in [-0.39, 0.29) is 11.4 Å². The molecule has 142 valence electrons. The third-order valence-electron chi connectivity index (χ3n) is 4.50. The van der Waals surface area contributed by atoms with Crippen LogP contribution in [0, 0.1) is 6.92 Å². The quantitative estimate of drug-likeness (QED) is 0.641. The smallest absolute Gasteiger partial charge is 0.270 e. The van der Waals surface area contributed by atoms with E-state index in [9.17, 15) is 13.2 Å². The number of allylic oxidation sites excluding steroid dienone is 1. The number of Topliss-reactive ketones (excluding diaryl/α,β-unsaturated/α-hetero) is 1. The first-order chi connectivity index (χ1) is 13.5. The Morgan fingerprint density at radius 2 is 1.75 bits per heavy atom. The minimum Gasteiger partial charge on any atom is -0.360 e. The van der Waals surface area contributed by atoms with Crippen LogP contribution in [-0.4, -0.2) is 14.2 Å². The standard InChI is InChI=1S/C21H18N2O3S2/c1-15-7-9-16(10-8-15)14-23-18-11-12-27-21(18)20(24)19(28(23,25)26)13-22-17-5-3-2-4-6-17/h2-13,22H,14H2,1H3. The molecular formula is C21H18N2O3S2. The van der Waals surface area contributed by atoms with Crippen molar-refractivity contribution < 1.29 is 13.2 Å². The molecule has 2 aromatic carbocycles. The number of fused-ring (bicyclic) bond motifs is 1. The van der Waals surface area contributed by atoms with Crippen LogP contribution in [0.2, 0.25) is 0 Å². The zero-order chi connectivity index (χ0) is 19.7. The second-order valence-corrected chi connectivity index (χ2v) is 9.23. The van der Waals surface area contributed by atoms with Gasteiger partial charge >= 0.3 is 0 Å². The van der Waals surface area contributed by atoms with Crippen molar-refractivity contribution in [3.63, 3.8) is 0 Å². The Labute approximate surface area is 168 Å². The van der Waals surface area contributed by atoms with Crippen LogP contribution < -0.4 is 9.62 Å². The van der Waals surface area contributed by atoms with E-state index in [0.29, 0.717) is 16.3 Å². The Morgan fingerprint density at radius 3 is 2.46 bits per heavy atom. The highest BCUT2D eigenvalue weighted by Crippen LogP contribution is 2.39. The SMILES string of the molecule is Cc1ccc(CN2c3ccsc3C(=O)C(=CNc3ccccc3)S2(=O)=O)cc1. The van der Waals surface area contributed by atoms with E-state index in [1.54, 1.807) is 23.6 Å². The first-order valence-electron chi connectivity index (χ1n) is 8.69. The number of carbonyl (C=O) groups excluding carboxylic acids is 1. The number of anilines is 2. The van der Waals surface area contributed by atoms with Gasteiger partial charge in [-0.2, -0.15) is 0 Å². The second kappa shape index (κ2) is 7.26. The molecule has 1 aromatic heterocycles. The summed E-state index contributed by atoms with van der Waals surface area (Å²) < 4.78 is 27.9. The lowest BCUT2D eigenvalue weighted by Gasteiger charge is -2.29. The highest BCUT2D eigenvalue weighted by atomic mass is 32.2. The fourth-order valence-electron chi connectivity index (χ4n) is 3.00. The molecule has 0 spiro atoms. The summed E-state index contributed by atoms with van der Waals surface area (Å²) >= 11 is 1.25. The Balaban J connectivity index is 1.75. The van der Waals surface area contributed by atoms with Crippen molar-refractivity contribution in [1.82, 2.24) is 0 Å². The molecule has 0 fully saturated rings. The molecule has 0 bridgehead atoms. The molecule has 4 rings (SSSR count). The minimum atomic E-state index is -3.99. The van der Waals surface area contributed by atoms with Gasteiger partial charge in [0.25, 0.3) is 10.0 Å². The van der Waals surface area contributed by atoms with Crippen molar-refractivity contribution in [3.8, 4) is 0 Å². The number of thiophene rings is 1. The molecule has 0 unspecified atom stereocenters. The topological polar surface area (TPSA) is 66.5 Å². The summed E-state index contributed by atoms with van der Waals surface area (Å²) in [6, 6.07) is 18.5. The van der Waals surface area contributed by atoms with Crippen LogP contribution in [0.3, 0.4) is 0 Å². The lowest BCUT2D eigenvalue weighted by Crippen LogP contribution is -2.38. The Kier molecular flexibility index (Phi) is 4.78. The molecule has 5 nitrogen and oxygen atoms in total. The predicted octanol–water partition coefficient (Wildman–Crippen LogP) is 4.54. The molecule has 0 radical (unpaired) electrons. The molecule has 1 aliphatic heterocycles.